The highest BCUT2D eigenvalue weighted by molar-refractivity contribution is 6.05. The number of nitrogen functional groups attached to an aromatic ring is 1. The Balaban J connectivity index is 2.25. The molecule has 1 heterocycles. The Labute approximate surface area is 102 Å². The van der Waals surface area contributed by atoms with E-state index in [0.29, 0.717) is 0 Å². The number of carbonyl (C=O) groups is 3. The summed E-state index contributed by atoms with van der Waals surface area (Å²) in [4.78, 5) is 35.2. The highest BCUT2D eigenvalue weighted by atomic mass is 19.1. The normalized spacial score (nSPS) is 15.5. The minimum atomic E-state index is -0.779. The van der Waals surface area contributed by atoms with Crippen LogP contribution in [0.4, 0.5) is 10.1 Å². The molecule has 3 amide bonds. The number of carbonyl (C=O) groups excluding carboxylic acids is 3. The zero-order chi connectivity index (χ0) is 13.3. The van der Waals surface area contributed by atoms with E-state index < -0.39 is 23.5 Å². The van der Waals surface area contributed by atoms with Gasteiger partial charge in [0.05, 0.1) is 5.56 Å². The second kappa shape index (κ2) is 4.44. The number of rotatable bonds is 1. The van der Waals surface area contributed by atoms with Crippen LogP contribution in [-0.2, 0) is 9.59 Å². The van der Waals surface area contributed by atoms with Crippen molar-refractivity contribution >= 4 is 23.4 Å². The summed E-state index contributed by atoms with van der Waals surface area (Å²) in [5.41, 5.74) is 5.34. The molecule has 1 aliphatic rings. The summed E-state index contributed by atoms with van der Waals surface area (Å²) in [6.45, 7) is -0.539. The molecule has 0 saturated carbocycles. The molecule has 0 bridgehead atoms. The maximum Gasteiger partial charge on any atom is 0.257 e. The molecule has 2 rings (SSSR count). The highest BCUT2D eigenvalue weighted by Gasteiger charge is 2.28. The smallest absolute Gasteiger partial charge is 0.257 e. The predicted molar refractivity (Wildman–Crippen MR) is 59.9 cm³/mol. The number of amides is 3. The van der Waals surface area contributed by atoms with Gasteiger partial charge in [0.15, 0.2) is 0 Å². The second-order valence-corrected chi connectivity index (χ2v) is 3.87. The van der Waals surface area contributed by atoms with Gasteiger partial charge in [-0.2, -0.15) is 0 Å². The van der Waals surface area contributed by atoms with Crippen molar-refractivity contribution in [3.63, 3.8) is 0 Å². The lowest BCUT2D eigenvalue weighted by atomic mass is 10.1. The number of piperazine rings is 1. The van der Waals surface area contributed by atoms with Crippen molar-refractivity contribution in [3.05, 3.63) is 29.6 Å². The Kier molecular flexibility index (Phi) is 2.97. The van der Waals surface area contributed by atoms with Crippen molar-refractivity contribution in [2.75, 3.05) is 18.8 Å². The number of hydrogen-bond donors (Lipinski definition) is 2. The summed E-state index contributed by atoms with van der Waals surface area (Å²) in [5, 5.41) is 2.05. The van der Waals surface area contributed by atoms with Crippen LogP contribution in [0.3, 0.4) is 0 Å². The molecule has 1 fully saturated rings. The standard InChI is InChI=1S/C11H10FN3O3/c12-8-3-6(13)1-2-7(8)11(18)15-4-9(16)14-10(17)5-15/h1-3H,4-5,13H2,(H,14,16,17). The zero-order valence-electron chi connectivity index (χ0n) is 9.27. The zero-order valence-corrected chi connectivity index (χ0v) is 9.27. The van der Waals surface area contributed by atoms with Gasteiger partial charge >= 0.3 is 0 Å². The molecule has 1 aromatic rings. The number of anilines is 1. The largest absolute Gasteiger partial charge is 0.399 e. The summed E-state index contributed by atoms with van der Waals surface area (Å²) >= 11 is 0. The molecule has 1 saturated heterocycles. The van der Waals surface area contributed by atoms with Gasteiger partial charge < -0.3 is 10.6 Å². The van der Waals surface area contributed by atoms with Gasteiger partial charge in [0, 0.05) is 5.69 Å². The molecule has 3 N–H and O–H groups in total. The van der Waals surface area contributed by atoms with Gasteiger partial charge in [-0.1, -0.05) is 0 Å². The van der Waals surface area contributed by atoms with E-state index in [9.17, 15) is 18.8 Å². The quantitative estimate of drug-likeness (QED) is 0.520. The summed E-state index contributed by atoms with van der Waals surface area (Å²) in [6.07, 6.45) is 0. The molecule has 7 heteroatoms. The maximum atomic E-state index is 13.5. The lowest BCUT2D eigenvalue weighted by molar-refractivity contribution is -0.135. The van der Waals surface area contributed by atoms with Gasteiger partial charge in [-0.15, -0.1) is 0 Å². The SMILES string of the molecule is Nc1ccc(C(=O)N2CC(=O)NC(=O)C2)c(F)c1. The first kappa shape index (κ1) is 12.0. The Morgan fingerprint density at radius 1 is 1.28 bits per heavy atom. The van der Waals surface area contributed by atoms with Crippen LogP contribution in [-0.4, -0.2) is 35.7 Å². The first-order valence-corrected chi connectivity index (χ1v) is 5.14. The van der Waals surface area contributed by atoms with Crippen LogP contribution in [0.15, 0.2) is 18.2 Å². The first-order valence-electron chi connectivity index (χ1n) is 5.14. The van der Waals surface area contributed by atoms with Crippen LogP contribution >= 0.6 is 0 Å². The van der Waals surface area contributed by atoms with Gasteiger partial charge in [-0.05, 0) is 18.2 Å². The fraction of sp³-hybridized carbons (Fsp3) is 0.182. The van der Waals surface area contributed by atoms with Gasteiger partial charge in [0.25, 0.3) is 5.91 Å². The molecule has 1 aliphatic heterocycles. The van der Waals surface area contributed by atoms with Crippen molar-refractivity contribution in [2.45, 2.75) is 0 Å². The monoisotopic (exact) mass is 251 g/mol. The fourth-order valence-electron chi connectivity index (χ4n) is 1.66. The number of nitrogens with two attached hydrogens (primary N) is 1. The van der Waals surface area contributed by atoms with E-state index >= 15 is 0 Å². The number of hydrogen-bond acceptors (Lipinski definition) is 4. The van der Waals surface area contributed by atoms with Crippen molar-refractivity contribution in [3.8, 4) is 0 Å². The van der Waals surface area contributed by atoms with Crippen LogP contribution < -0.4 is 11.1 Å². The van der Waals surface area contributed by atoms with Crippen molar-refractivity contribution in [1.29, 1.82) is 0 Å². The minimum absolute atomic E-state index is 0.191. The van der Waals surface area contributed by atoms with Gasteiger partial charge in [-0.3, -0.25) is 19.7 Å². The molecule has 0 radical (unpaired) electrons. The van der Waals surface area contributed by atoms with E-state index in [-0.39, 0.29) is 24.3 Å². The summed E-state index contributed by atoms with van der Waals surface area (Å²) in [5.74, 6) is -2.67. The van der Waals surface area contributed by atoms with Crippen LogP contribution in [0, 0.1) is 5.82 Å². The molecular formula is C11H10FN3O3. The average molecular weight is 251 g/mol. The maximum absolute atomic E-state index is 13.5. The van der Waals surface area contributed by atoms with E-state index in [2.05, 4.69) is 5.32 Å². The Morgan fingerprint density at radius 2 is 1.89 bits per heavy atom. The number of imide groups is 1. The van der Waals surface area contributed by atoms with Gasteiger partial charge in [0.2, 0.25) is 11.8 Å². The van der Waals surface area contributed by atoms with Crippen LogP contribution in [0.25, 0.3) is 0 Å². The average Bonchev–Trinajstić information content (AvgIpc) is 2.26. The Bertz CT molecular complexity index is 528. The van der Waals surface area contributed by atoms with Gasteiger partial charge in [-0.25, -0.2) is 4.39 Å². The molecule has 18 heavy (non-hydrogen) atoms. The summed E-state index contributed by atoms with van der Waals surface area (Å²) in [7, 11) is 0. The molecule has 0 spiro atoms. The molecule has 94 valence electrons. The second-order valence-electron chi connectivity index (χ2n) is 3.87. The van der Waals surface area contributed by atoms with Crippen molar-refractivity contribution < 1.29 is 18.8 Å². The molecule has 1 aromatic carbocycles. The van der Waals surface area contributed by atoms with Crippen molar-refractivity contribution in [1.82, 2.24) is 10.2 Å². The van der Waals surface area contributed by atoms with Crippen LogP contribution in [0.2, 0.25) is 0 Å². The molecule has 0 aliphatic carbocycles. The lowest BCUT2D eigenvalue weighted by Gasteiger charge is -2.25. The Morgan fingerprint density at radius 3 is 2.44 bits per heavy atom. The predicted octanol–water partition coefficient (Wildman–Crippen LogP) is -0.494. The number of nitrogens with one attached hydrogen (secondary N) is 1. The van der Waals surface area contributed by atoms with E-state index in [1.54, 1.807) is 0 Å². The Hall–Kier alpha value is -2.44. The molecule has 0 aromatic heterocycles. The van der Waals surface area contributed by atoms with E-state index in [1.165, 1.54) is 12.1 Å². The third-order valence-corrected chi connectivity index (χ3v) is 2.46. The van der Waals surface area contributed by atoms with E-state index in [0.717, 1.165) is 11.0 Å². The highest BCUT2D eigenvalue weighted by Crippen LogP contribution is 2.14. The number of halogens is 1. The molecule has 0 unspecified atom stereocenters. The first-order chi connectivity index (χ1) is 8.47. The van der Waals surface area contributed by atoms with E-state index in [4.69, 9.17) is 5.73 Å². The fourth-order valence-corrected chi connectivity index (χ4v) is 1.66. The third-order valence-electron chi connectivity index (χ3n) is 2.46. The lowest BCUT2D eigenvalue weighted by Crippen LogP contribution is -2.53. The molecule has 0 atom stereocenters. The minimum Gasteiger partial charge on any atom is -0.399 e. The summed E-state index contributed by atoms with van der Waals surface area (Å²) in [6, 6.07) is 3.62. The third kappa shape index (κ3) is 2.29. The van der Waals surface area contributed by atoms with E-state index in [1.807, 2.05) is 0 Å². The molecule has 6 nitrogen and oxygen atoms in total. The summed E-state index contributed by atoms with van der Waals surface area (Å²) < 4.78 is 13.5. The van der Waals surface area contributed by atoms with Crippen LogP contribution in [0.1, 0.15) is 10.4 Å². The molecular weight excluding hydrogens is 241 g/mol. The topological polar surface area (TPSA) is 92.5 Å². The number of nitrogens with zero attached hydrogens (tertiary/aromatic N) is 1. The van der Waals surface area contributed by atoms with Crippen molar-refractivity contribution in [2.24, 2.45) is 0 Å². The van der Waals surface area contributed by atoms with Gasteiger partial charge in [0.1, 0.15) is 18.9 Å². The van der Waals surface area contributed by atoms with Crippen LogP contribution in [0.5, 0.6) is 0 Å². The number of benzene rings is 1.